The van der Waals surface area contributed by atoms with Gasteiger partial charge < -0.3 is 29.3 Å². The van der Waals surface area contributed by atoms with E-state index in [9.17, 15) is 14.4 Å². The number of benzene rings is 2. The number of ether oxygens (including phenoxy) is 3. The number of hydrogen-bond donors (Lipinski definition) is 1. The van der Waals surface area contributed by atoms with Gasteiger partial charge in [0.2, 0.25) is 18.6 Å². The molecule has 212 valence electrons. The van der Waals surface area contributed by atoms with E-state index in [2.05, 4.69) is 27.3 Å². The number of nitrogens with zero attached hydrogens (tertiary/aromatic N) is 4. The van der Waals surface area contributed by atoms with Crippen LogP contribution in [-0.2, 0) is 20.9 Å². The summed E-state index contributed by atoms with van der Waals surface area (Å²) in [4.78, 5) is 47.9. The zero-order valence-electron chi connectivity index (χ0n) is 22.5. The van der Waals surface area contributed by atoms with E-state index in [4.69, 9.17) is 14.2 Å². The van der Waals surface area contributed by atoms with E-state index in [1.54, 1.807) is 19.2 Å². The molecule has 12 heteroatoms. The van der Waals surface area contributed by atoms with Crippen LogP contribution in [0.2, 0.25) is 0 Å². The van der Waals surface area contributed by atoms with Crippen molar-refractivity contribution in [1.82, 2.24) is 19.8 Å². The van der Waals surface area contributed by atoms with Crippen LogP contribution < -0.4 is 25.2 Å². The van der Waals surface area contributed by atoms with Gasteiger partial charge in [-0.05, 0) is 24.6 Å². The zero-order valence-corrected chi connectivity index (χ0v) is 23.3. The average molecular weight is 568 g/mol. The number of aromatic nitrogens is 2. The third-order valence-corrected chi connectivity index (χ3v) is 7.87. The minimum atomic E-state index is -0.284. The zero-order chi connectivity index (χ0) is 27.9. The molecule has 11 nitrogen and oxygen atoms in total. The number of para-hydroxylation sites is 1. The van der Waals surface area contributed by atoms with Gasteiger partial charge in [0.1, 0.15) is 0 Å². The largest absolute Gasteiger partial charge is 0.454 e. The fraction of sp³-hybridized carbons (Fsp3) is 0.429. The molecule has 0 atom stereocenters. The highest BCUT2D eigenvalue weighted by atomic mass is 32.2. The lowest BCUT2D eigenvalue weighted by atomic mass is 10.2. The number of anilines is 1. The van der Waals surface area contributed by atoms with Crippen LogP contribution in [0.1, 0.15) is 12.8 Å². The average Bonchev–Trinajstić information content (AvgIpc) is 3.45. The summed E-state index contributed by atoms with van der Waals surface area (Å²) in [6.07, 6.45) is 0.862. The van der Waals surface area contributed by atoms with E-state index in [-0.39, 0.29) is 42.9 Å². The van der Waals surface area contributed by atoms with Crippen molar-refractivity contribution in [2.45, 2.75) is 24.5 Å². The fourth-order valence-corrected chi connectivity index (χ4v) is 5.60. The maximum absolute atomic E-state index is 13.6. The second kappa shape index (κ2) is 13.1. The highest BCUT2D eigenvalue weighted by molar-refractivity contribution is 7.99. The quantitative estimate of drug-likeness (QED) is 0.211. The van der Waals surface area contributed by atoms with Gasteiger partial charge in [-0.15, -0.1) is 0 Å². The first kappa shape index (κ1) is 27.8. The van der Waals surface area contributed by atoms with Gasteiger partial charge in [-0.3, -0.25) is 19.0 Å². The first-order valence-electron chi connectivity index (χ1n) is 13.3. The number of nitrogens with one attached hydrogen (secondary N) is 1. The number of piperazine rings is 1. The lowest BCUT2D eigenvalue weighted by Gasteiger charge is -2.36. The molecule has 2 amide bonds. The Kier molecular flexibility index (Phi) is 9.07. The number of fused-ring (bicyclic) bond motifs is 2. The van der Waals surface area contributed by atoms with Crippen LogP contribution in [0.15, 0.2) is 52.4 Å². The molecule has 1 N–H and O–H groups in total. The Hall–Kier alpha value is -3.77. The molecule has 3 heterocycles. The van der Waals surface area contributed by atoms with E-state index in [0.717, 1.165) is 18.8 Å². The Bertz CT molecular complexity index is 1410. The molecule has 0 radical (unpaired) electrons. The van der Waals surface area contributed by atoms with Gasteiger partial charge in [0.15, 0.2) is 16.7 Å². The van der Waals surface area contributed by atoms with Crippen LogP contribution >= 0.6 is 11.8 Å². The Labute approximate surface area is 236 Å². The number of carbonyl (C=O) groups excluding carboxylic acids is 2. The molecule has 0 unspecified atom stereocenters. The van der Waals surface area contributed by atoms with E-state index < -0.39 is 0 Å². The maximum atomic E-state index is 13.6. The van der Waals surface area contributed by atoms with Crippen LogP contribution in [0.3, 0.4) is 0 Å². The van der Waals surface area contributed by atoms with Gasteiger partial charge in [0.05, 0.1) is 16.7 Å². The predicted molar refractivity (Wildman–Crippen MR) is 152 cm³/mol. The molecule has 3 aromatic rings. The molecule has 0 saturated carbocycles. The first-order chi connectivity index (χ1) is 19.5. The summed E-state index contributed by atoms with van der Waals surface area (Å²) in [5.41, 5.74) is 1.32. The topological polar surface area (TPSA) is 115 Å². The monoisotopic (exact) mass is 567 g/mol. The van der Waals surface area contributed by atoms with Crippen LogP contribution in [0.25, 0.3) is 10.9 Å². The van der Waals surface area contributed by atoms with Crippen molar-refractivity contribution in [3.63, 3.8) is 0 Å². The summed E-state index contributed by atoms with van der Waals surface area (Å²) < 4.78 is 17.4. The third-order valence-electron chi connectivity index (χ3n) is 6.90. The molecule has 1 fully saturated rings. The lowest BCUT2D eigenvalue weighted by Crippen LogP contribution is -2.49. The summed E-state index contributed by atoms with van der Waals surface area (Å²) >= 11 is 1.17. The van der Waals surface area contributed by atoms with Gasteiger partial charge >= 0.3 is 0 Å². The van der Waals surface area contributed by atoms with E-state index >= 15 is 0 Å². The summed E-state index contributed by atoms with van der Waals surface area (Å²) in [7, 11) is 1.62. The van der Waals surface area contributed by atoms with Gasteiger partial charge in [-0.25, -0.2) is 4.98 Å². The number of carbonyl (C=O) groups is 2. The molecular weight excluding hydrogens is 534 g/mol. The highest BCUT2D eigenvalue weighted by Gasteiger charge is 2.23. The van der Waals surface area contributed by atoms with Crippen molar-refractivity contribution in [3.8, 4) is 11.5 Å². The van der Waals surface area contributed by atoms with Crippen LogP contribution in [-0.4, -0.2) is 85.3 Å². The van der Waals surface area contributed by atoms with Crippen LogP contribution in [0.4, 0.5) is 5.69 Å². The molecule has 1 aromatic heterocycles. The molecule has 5 rings (SSSR count). The molecule has 2 aromatic carbocycles. The summed E-state index contributed by atoms with van der Waals surface area (Å²) in [6, 6.07) is 13.5. The molecule has 0 spiro atoms. The molecular formula is C28H33N5O6S. The second-order valence-electron chi connectivity index (χ2n) is 9.51. The molecule has 0 bridgehead atoms. The van der Waals surface area contributed by atoms with Crippen molar-refractivity contribution in [1.29, 1.82) is 0 Å². The van der Waals surface area contributed by atoms with Gasteiger partial charge in [-0.1, -0.05) is 30.0 Å². The standard InChI is InChI=1S/C28H33N5O6S/c1-37-15-5-9-29-25(34)18-40-28-30-22-17-24-23(38-19-39-24)16-21(22)27(36)33(28)10-8-26(35)32-13-11-31(12-14-32)20-6-3-2-4-7-20/h2-4,6-7,16-17H,5,8-15,18-19H2,1H3,(H,29,34). The molecule has 2 aliphatic rings. The summed E-state index contributed by atoms with van der Waals surface area (Å²) in [5, 5.41) is 3.60. The molecule has 40 heavy (non-hydrogen) atoms. The lowest BCUT2D eigenvalue weighted by molar-refractivity contribution is -0.131. The van der Waals surface area contributed by atoms with Crippen LogP contribution in [0, 0.1) is 0 Å². The van der Waals surface area contributed by atoms with Gasteiger partial charge in [0.25, 0.3) is 5.56 Å². The Morgan fingerprint density at radius 2 is 1.82 bits per heavy atom. The van der Waals surface area contributed by atoms with E-state index in [1.165, 1.54) is 16.3 Å². The van der Waals surface area contributed by atoms with E-state index in [0.29, 0.717) is 60.2 Å². The molecule has 0 aliphatic carbocycles. The number of amides is 2. The normalized spacial score (nSPS) is 14.5. The first-order valence-corrected chi connectivity index (χ1v) is 14.3. The maximum Gasteiger partial charge on any atom is 0.262 e. The minimum Gasteiger partial charge on any atom is -0.454 e. The number of methoxy groups -OCH3 is 1. The van der Waals surface area contributed by atoms with Crippen LogP contribution in [0.5, 0.6) is 11.5 Å². The van der Waals surface area contributed by atoms with E-state index in [1.807, 2.05) is 23.1 Å². The SMILES string of the molecule is COCCCNC(=O)CSc1nc2cc3c(cc2c(=O)n1CCC(=O)N1CCN(c2ccccc2)CC1)OCO3. The van der Waals surface area contributed by atoms with Crippen molar-refractivity contribution >= 4 is 40.2 Å². The fourth-order valence-electron chi connectivity index (χ4n) is 4.74. The van der Waals surface area contributed by atoms with Crippen molar-refractivity contribution in [2.75, 3.05) is 63.9 Å². The summed E-state index contributed by atoms with van der Waals surface area (Å²) in [6.45, 7) is 4.04. The molecule has 2 aliphatic heterocycles. The van der Waals surface area contributed by atoms with Gasteiger partial charge in [-0.2, -0.15) is 0 Å². The van der Waals surface area contributed by atoms with Crippen molar-refractivity contribution in [3.05, 3.63) is 52.8 Å². The Balaban J connectivity index is 1.28. The molecule has 1 saturated heterocycles. The Morgan fingerprint density at radius 3 is 2.58 bits per heavy atom. The smallest absolute Gasteiger partial charge is 0.262 e. The predicted octanol–water partition coefficient (Wildman–Crippen LogP) is 2.11. The third kappa shape index (κ3) is 6.50. The summed E-state index contributed by atoms with van der Waals surface area (Å²) in [5.74, 6) is 0.914. The highest BCUT2D eigenvalue weighted by Crippen LogP contribution is 2.35. The van der Waals surface area contributed by atoms with Gasteiger partial charge in [0, 0.05) is 71.2 Å². The number of rotatable bonds is 11. The second-order valence-corrected chi connectivity index (χ2v) is 10.5. The van der Waals surface area contributed by atoms with Crippen molar-refractivity contribution < 1.29 is 23.8 Å². The minimum absolute atomic E-state index is 0.0165. The number of hydrogen-bond acceptors (Lipinski definition) is 9. The Morgan fingerprint density at radius 1 is 1.07 bits per heavy atom. The number of thioether (sulfide) groups is 1. The van der Waals surface area contributed by atoms with Crippen molar-refractivity contribution in [2.24, 2.45) is 0 Å².